The number of rotatable bonds is 6. The van der Waals surface area contributed by atoms with E-state index < -0.39 is 0 Å². The first-order chi connectivity index (χ1) is 10.7. The van der Waals surface area contributed by atoms with Crippen LogP contribution in [-0.2, 0) is 0 Å². The fraction of sp³-hybridized carbons (Fsp3) is 0.133. The Morgan fingerprint density at radius 3 is 2.59 bits per heavy atom. The average molecular weight is 314 g/mol. The Labute approximate surface area is 131 Å². The zero-order chi connectivity index (χ0) is 15.4. The quantitative estimate of drug-likeness (QED) is 0.412. The van der Waals surface area contributed by atoms with E-state index in [2.05, 4.69) is 15.6 Å². The molecule has 1 aromatic heterocycles. The van der Waals surface area contributed by atoms with Gasteiger partial charge in [-0.2, -0.15) is 0 Å². The van der Waals surface area contributed by atoms with Crippen LogP contribution in [0.3, 0.4) is 0 Å². The Balaban J connectivity index is 1.56. The van der Waals surface area contributed by atoms with Crippen LogP contribution in [0.15, 0.2) is 48.5 Å². The molecule has 3 aromatic rings. The van der Waals surface area contributed by atoms with Crippen LogP contribution in [0.4, 0.5) is 16.5 Å². The van der Waals surface area contributed by atoms with Crippen molar-refractivity contribution >= 4 is 38.1 Å². The highest BCUT2D eigenvalue weighted by atomic mass is 32.1. The molecule has 0 atom stereocenters. The molecule has 2 aromatic carbocycles. The number of hydrogen-bond donors (Lipinski definition) is 2. The lowest BCUT2D eigenvalue weighted by Crippen LogP contribution is -2.14. The van der Waals surface area contributed by atoms with Gasteiger partial charge in [-0.15, -0.1) is 0 Å². The normalized spacial score (nSPS) is 10.5. The van der Waals surface area contributed by atoms with E-state index in [0.717, 1.165) is 15.3 Å². The summed E-state index contributed by atoms with van der Waals surface area (Å²) in [7, 11) is 0. The molecule has 1 heterocycles. The lowest BCUT2D eigenvalue weighted by molar-refractivity contribution is -0.384. The zero-order valence-corrected chi connectivity index (χ0v) is 12.5. The molecule has 0 aliphatic heterocycles. The van der Waals surface area contributed by atoms with Gasteiger partial charge in [0.1, 0.15) is 5.69 Å². The number of nitrogens with zero attached hydrogens (tertiary/aromatic N) is 2. The smallest absolute Gasteiger partial charge is 0.292 e. The zero-order valence-electron chi connectivity index (χ0n) is 11.7. The second-order valence-electron chi connectivity index (χ2n) is 4.61. The van der Waals surface area contributed by atoms with Gasteiger partial charge < -0.3 is 10.6 Å². The van der Waals surface area contributed by atoms with Gasteiger partial charge in [0.25, 0.3) is 5.69 Å². The highest BCUT2D eigenvalue weighted by Crippen LogP contribution is 2.25. The molecule has 0 aliphatic rings. The van der Waals surface area contributed by atoms with Crippen LogP contribution in [0.1, 0.15) is 0 Å². The number of fused-ring (bicyclic) bond motifs is 1. The number of anilines is 2. The Morgan fingerprint density at radius 1 is 1.05 bits per heavy atom. The molecule has 0 unspecified atom stereocenters. The summed E-state index contributed by atoms with van der Waals surface area (Å²) < 4.78 is 1.14. The molecule has 112 valence electrons. The van der Waals surface area contributed by atoms with Crippen molar-refractivity contribution in [3.63, 3.8) is 0 Å². The summed E-state index contributed by atoms with van der Waals surface area (Å²) in [6.07, 6.45) is 0. The molecule has 0 spiro atoms. The summed E-state index contributed by atoms with van der Waals surface area (Å²) in [6.45, 7) is 1.20. The van der Waals surface area contributed by atoms with Crippen LogP contribution in [0, 0.1) is 10.1 Å². The van der Waals surface area contributed by atoms with Crippen molar-refractivity contribution in [2.24, 2.45) is 0 Å². The molecule has 0 amide bonds. The van der Waals surface area contributed by atoms with Crippen molar-refractivity contribution in [1.82, 2.24) is 4.98 Å². The maximum Gasteiger partial charge on any atom is 0.292 e. The number of hydrogen-bond acceptors (Lipinski definition) is 6. The van der Waals surface area contributed by atoms with Gasteiger partial charge in [0.05, 0.1) is 15.1 Å². The molecule has 22 heavy (non-hydrogen) atoms. The molecule has 2 N–H and O–H groups in total. The third-order valence-electron chi connectivity index (χ3n) is 3.11. The second kappa shape index (κ2) is 6.40. The number of nitro groups is 1. The third-order valence-corrected chi connectivity index (χ3v) is 4.11. The largest absolute Gasteiger partial charge is 0.378 e. The van der Waals surface area contributed by atoms with E-state index in [1.165, 1.54) is 6.07 Å². The standard InChI is InChI=1S/C15H14N4O2S/c20-19(21)13-7-3-1-5-11(13)16-9-10-17-15-18-12-6-2-4-8-14(12)22-15/h1-8,16H,9-10H2,(H,17,18). The second-order valence-corrected chi connectivity index (χ2v) is 5.65. The maximum absolute atomic E-state index is 10.9. The Bertz CT molecular complexity index is 770. The number of para-hydroxylation sites is 3. The first-order valence-electron chi connectivity index (χ1n) is 6.81. The molecule has 0 bridgehead atoms. The van der Waals surface area contributed by atoms with E-state index in [1.807, 2.05) is 24.3 Å². The van der Waals surface area contributed by atoms with Crippen LogP contribution >= 0.6 is 11.3 Å². The highest BCUT2D eigenvalue weighted by Gasteiger charge is 2.11. The fourth-order valence-corrected chi connectivity index (χ4v) is 2.99. The Hall–Kier alpha value is -2.67. The SMILES string of the molecule is O=[N+]([O-])c1ccccc1NCCNc1nc2ccccc2s1. The first-order valence-corrected chi connectivity index (χ1v) is 7.62. The van der Waals surface area contributed by atoms with E-state index in [0.29, 0.717) is 18.8 Å². The van der Waals surface area contributed by atoms with Crippen LogP contribution in [-0.4, -0.2) is 23.0 Å². The van der Waals surface area contributed by atoms with Crippen LogP contribution in [0.5, 0.6) is 0 Å². The fourth-order valence-electron chi connectivity index (χ4n) is 2.10. The maximum atomic E-state index is 10.9. The summed E-state index contributed by atoms with van der Waals surface area (Å²) in [5.41, 5.74) is 1.59. The van der Waals surface area contributed by atoms with Crippen molar-refractivity contribution in [1.29, 1.82) is 0 Å². The molecule has 0 fully saturated rings. The Kier molecular flexibility index (Phi) is 4.15. The van der Waals surface area contributed by atoms with Gasteiger partial charge in [-0.25, -0.2) is 4.98 Å². The first kappa shape index (κ1) is 14.3. The van der Waals surface area contributed by atoms with E-state index in [9.17, 15) is 10.1 Å². The lowest BCUT2D eigenvalue weighted by Gasteiger charge is -2.07. The third kappa shape index (κ3) is 3.15. The predicted octanol–water partition coefficient (Wildman–Crippen LogP) is 3.73. The van der Waals surface area contributed by atoms with Gasteiger partial charge in [-0.1, -0.05) is 35.6 Å². The predicted molar refractivity (Wildman–Crippen MR) is 89.7 cm³/mol. The number of aromatic nitrogens is 1. The van der Waals surface area contributed by atoms with Gasteiger partial charge in [0.2, 0.25) is 0 Å². The summed E-state index contributed by atoms with van der Waals surface area (Å²) in [6, 6.07) is 14.6. The van der Waals surface area contributed by atoms with E-state index in [1.54, 1.807) is 29.5 Å². The molecule has 0 saturated carbocycles. The summed E-state index contributed by atoms with van der Waals surface area (Å²) in [5, 5.41) is 18.1. The van der Waals surface area contributed by atoms with E-state index in [-0.39, 0.29) is 10.6 Å². The summed E-state index contributed by atoms with van der Waals surface area (Å²) >= 11 is 1.59. The highest BCUT2D eigenvalue weighted by molar-refractivity contribution is 7.22. The molecular formula is C15H14N4O2S. The van der Waals surface area contributed by atoms with Crippen molar-refractivity contribution < 1.29 is 4.92 Å². The van der Waals surface area contributed by atoms with Crippen molar-refractivity contribution in [2.45, 2.75) is 0 Å². The molecule has 0 saturated heterocycles. The molecule has 6 nitrogen and oxygen atoms in total. The summed E-state index contributed by atoms with van der Waals surface area (Å²) in [4.78, 5) is 15.0. The molecule has 3 rings (SSSR count). The molecule has 0 radical (unpaired) electrons. The number of nitro benzene ring substituents is 1. The van der Waals surface area contributed by atoms with Crippen LogP contribution in [0.2, 0.25) is 0 Å². The number of nitrogens with one attached hydrogen (secondary N) is 2. The molecular weight excluding hydrogens is 300 g/mol. The van der Waals surface area contributed by atoms with E-state index >= 15 is 0 Å². The lowest BCUT2D eigenvalue weighted by atomic mass is 10.2. The van der Waals surface area contributed by atoms with Gasteiger partial charge in [0.15, 0.2) is 5.13 Å². The van der Waals surface area contributed by atoms with Crippen molar-refractivity contribution in [3.05, 3.63) is 58.6 Å². The van der Waals surface area contributed by atoms with Crippen molar-refractivity contribution in [2.75, 3.05) is 23.7 Å². The monoisotopic (exact) mass is 314 g/mol. The van der Waals surface area contributed by atoms with Crippen LogP contribution in [0.25, 0.3) is 10.2 Å². The minimum absolute atomic E-state index is 0.0856. The average Bonchev–Trinajstić information content (AvgIpc) is 2.94. The Morgan fingerprint density at radius 2 is 1.77 bits per heavy atom. The van der Waals surface area contributed by atoms with E-state index in [4.69, 9.17) is 0 Å². The molecule has 7 heteroatoms. The summed E-state index contributed by atoms with van der Waals surface area (Å²) in [5.74, 6) is 0. The number of thiazole rings is 1. The van der Waals surface area contributed by atoms with Gasteiger partial charge in [-0.05, 0) is 18.2 Å². The topological polar surface area (TPSA) is 80.1 Å². The minimum Gasteiger partial charge on any atom is -0.378 e. The van der Waals surface area contributed by atoms with Gasteiger partial charge >= 0.3 is 0 Å². The van der Waals surface area contributed by atoms with Gasteiger partial charge in [-0.3, -0.25) is 10.1 Å². The van der Waals surface area contributed by atoms with Gasteiger partial charge in [0, 0.05) is 19.2 Å². The number of benzene rings is 2. The molecule has 0 aliphatic carbocycles. The van der Waals surface area contributed by atoms with Crippen LogP contribution < -0.4 is 10.6 Å². The van der Waals surface area contributed by atoms with Crippen molar-refractivity contribution in [3.8, 4) is 0 Å². The minimum atomic E-state index is -0.386.